The molecule has 1 N–H and O–H groups in total. The van der Waals surface area contributed by atoms with E-state index in [9.17, 15) is 0 Å². The van der Waals surface area contributed by atoms with Crippen LogP contribution in [0.2, 0.25) is 0 Å². The second-order valence-corrected chi connectivity index (χ2v) is 6.57. The lowest BCUT2D eigenvalue weighted by molar-refractivity contribution is 0.0253. The van der Waals surface area contributed by atoms with E-state index in [2.05, 4.69) is 35.4 Å². The molecule has 1 aromatic carbocycles. The Morgan fingerprint density at radius 2 is 2.12 bits per heavy atom. The third-order valence-corrected chi connectivity index (χ3v) is 4.35. The quantitative estimate of drug-likeness (QED) is 0.816. The minimum Gasteiger partial charge on any atom is -0.490 e. The largest absolute Gasteiger partial charge is 0.490 e. The van der Waals surface area contributed by atoms with Crippen LogP contribution in [0, 0.1) is 6.92 Å². The van der Waals surface area contributed by atoms with Crippen LogP contribution in [0.1, 0.15) is 56.4 Å². The van der Waals surface area contributed by atoms with Gasteiger partial charge in [-0.1, -0.05) is 12.1 Å². The van der Waals surface area contributed by atoms with Crippen LogP contribution in [0.3, 0.4) is 0 Å². The molecule has 0 radical (unpaired) electrons. The molecule has 136 valence electrons. The predicted octanol–water partition coefficient (Wildman–Crippen LogP) is 4.06. The van der Waals surface area contributed by atoms with E-state index in [1.54, 1.807) is 0 Å². The molecular formula is C19H27N3O3. The van der Waals surface area contributed by atoms with Gasteiger partial charge in [0.15, 0.2) is 5.82 Å². The van der Waals surface area contributed by atoms with Gasteiger partial charge in [0.2, 0.25) is 5.89 Å². The number of nitrogens with one attached hydrogen (secondary N) is 1. The number of rotatable bonds is 7. The standard InChI is InChI=1S/C19H27N3O3/c1-4-5-18-21-19(25-22-18)14(3)20-15-6-7-17(13(2)12-15)24-16-8-10-23-11-9-16/h6-7,12,14,16,20H,4-5,8-11H2,1-3H3/t14-/m0/s1. The van der Waals surface area contributed by atoms with Crippen molar-refractivity contribution in [1.29, 1.82) is 0 Å². The first-order valence-corrected chi connectivity index (χ1v) is 9.09. The monoisotopic (exact) mass is 345 g/mol. The molecule has 0 aliphatic carbocycles. The Morgan fingerprint density at radius 1 is 1.32 bits per heavy atom. The van der Waals surface area contributed by atoms with Crippen molar-refractivity contribution in [2.75, 3.05) is 18.5 Å². The van der Waals surface area contributed by atoms with E-state index in [-0.39, 0.29) is 12.1 Å². The van der Waals surface area contributed by atoms with Crippen LogP contribution in [0.5, 0.6) is 5.75 Å². The van der Waals surface area contributed by atoms with Crippen LogP contribution in [-0.2, 0) is 11.2 Å². The third-order valence-electron chi connectivity index (χ3n) is 4.35. The number of aromatic nitrogens is 2. The van der Waals surface area contributed by atoms with Gasteiger partial charge in [0, 0.05) is 24.9 Å². The minimum absolute atomic E-state index is 0.0419. The molecule has 0 saturated carbocycles. The summed E-state index contributed by atoms with van der Waals surface area (Å²) in [4.78, 5) is 4.44. The number of anilines is 1. The number of aryl methyl sites for hydroxylation is 2. The van der Waals surface area contributed by atoms with Gasteiger partial charge in [0.05, 0.1) is 13.2 Å². The zero-order valence-electron chi connectivity index (χ0n) is 15.2. The second-order valence-electron chi connectivity index (χ2n) is 6.57. The molecule has 6 nitrogen and oxygen atoms in total. The minimum atomic E-state index is -0.0419. The van der Waals surface area contributed by atoms with Gasteiger partial charge in [-0.15, -0.1) is 0 Å². The van der Waals surface area contributed by atoms with Crippen LogP contribution >= 0.6 is 0 Å². The summed E-state index contributed by atoms with van der Waals surface area (Å²) in [6.07, 6.45) is 4.00. The molecule has 1 aromatic heterocycles. The Labute approximate surface area is 148 Å². The highest BCUT2D eigenvalue weighted by molar-refractivity contribution is 5.51. The molecule has 2 heterocycles. The molecule has 0 bridgehead atoms. The summed E-state index contributed by atoms with van der Waals surface area (Å²) in [6, 6.07) is 6.10. The fraction of sp³-hybridized carbons (Fsp3) is 0.579. The average molecular weight is 345 g/mol. The highest BCUT2D eigenvalue weighted by Crippen LogP contribution is 2.27. The summed E-state index contributed by atoms with van der Waals surface area (Å²) in [7, 11) is 0. The van der Waals surface area contributed by atoms with E-state index < -0.39 is 0 Å². The van der Waals surface area contributed by atoms with E-state index in [1.165, 1.54) is 0 Å². The highest BCUT2D eigenvalue weighted by Gasteiger charge is 2.17. The number of hydrogen-bond donors (Lipinski definition) is 1. The zero-order chi connectivity index (χ0) is 17.6. The van der Waals surface area contributed by atoms with Crippen LogP contribution in [-0.4, -0.2) is 29.5 Å². The van der Waals surface area contributed by atoms with Gasteiger partial charge in [-0.25, -0.2) is 0 Å². The summed E-state index contributed by atoms with van der Waals surface area (Å²) in [5, 5.41) is 7.42. The first kappa shape index (κ1) is 17.7. The maximum Gasteiger partial charge on any atom is 0.248 e. The molecule has 3 rings (SSSR count). The summed E-state index contributed by atoms with van der Waals surface area (Å²) >= 11 is 0. The lowest BCUT2D eigenvalue weighted by atomic mass is 10.1. The van der Waals surface area contributed by atoms with Crippen molar-refractivity contribution >= 4 is 5.69 Å². The van der Waals surface area contributed by atoms with Crippen molar-refractivity contribution in [3.05, 3.63) is 35.5 Å². The van der Waals surface area contributed by atoms with Gasteiger partial charge in [-0.2, -0.15) is 4.98 Å². The number of hydrogen-bond acceptors (Lipinski definition) is 6. The Kier molecular flexibility index (Phi) is 5.91. The maximum absolute atomic E-state index is 6.11. The van der Waals surface area contributed by atoms with Crippen molar-refractivity contribution in [3.8, 4) is 5.75 Å². The first-order valence-electron chi connectivity index (χ1n) is 9.09. The van der Waals surface area contributed by atoms with Crippen molar-refractivity contribution in [2.45, 2.75) is 58.6 Å². The van der Waals surface area contributed by atoms with Gasteiger partial charge < -0.3 is 19.3 Å². The Bertz CT molecular complexity index is 680. The number of nitrogens with zero attached hydrogens (tertiary/aromatic N) is 2. The maximum atomic E-state index is 6.11. The highest BCUT2D eigenvalue weighted by atomic mass is 16.5. The number of ether oxygens (including phenoxy) is 2. The van der Waals surface area contributed by atoms with Crippen molar-refractivity contribution in [2.24, 2.45) is 0 Å². The Morgan fingerprint density at radius 3 is 2.84 bits per heavy atom. The van der Waals surface area contributed by atoms with Gasteiger partial charge in [-0.3, -0.25) is 0 Å². The van der Waals surface area contributed by atoms with E-state index in [1.807, 2.05) is 19.1 Å². The fourth-order valence-corrected chi connectivity index (χ4v) is 2.93. The lowest BCUT2D eigenvalue weighted by Crippen LogP contribution is -2.26. The smallest absolute Gasteiger partial charge is 0.248 e. The summed E-state index contributed by atoms with van der Waals surface area (Å²) < 4.78 is 16.8. The van der Waals surface area contributed by atoms with Gasteiger partial charge in [-0.05, 0) is 44.0 Å². The molecule has 1 aliphatic heterocycles. The molecular weight excluding hydrogens is 318 g/mol. The molecule has 6 heteroatoms. The Hall–Kier alpha value is -2.08. The third kappa shape index (κ3) is 4.72. The van der Waals surface area contributed by atoms with Gasteiger partial charge >= 0.3 is 0 Å². The van der Waals surface area contributed by atoms with Crippen LogP contribution in [0.4, 0.5) is 5.69 Å². The topological polar surface area (TPSA) is 69.4 Å². The van der Waals surface area contributed by atoms with E-state index in [4.69, 9.17) is 14.0 Å². The van der Waals surface area contributed by atoms with Gasteiger partial charge in [0.25, 0.3) is 0 Å². The van der Waals surface area contributed by atoms with Crippen LogP contribution in [0.15, 0.2) is 22.7 Å². The number of benzene rings is 1. The predicted molar refractivity (Wildman–Crippen MR) is 96.0 cm³/mol. The average Bonchev–Trinajstić information content (AvgIpc) is 3.07. The lowest BCUT2D eigenvalue weighted by Gasteiger charge is -2.24. The van der Waals surface area contributed by atoms with Crippen molar-refractivity contribution < 1.29 is 14.0 Å². The Balaban J connectivity index is 1.61. The van der Waals surface area contributed by atoms with Crippen LogP contribution < -0.4 is 10.1 Å². The zero-order valence-corrected chi connectivity index (χ0v) is 15.2. The first-order chi connectivity index (χ1) is 12.2. The van der Waals surface area contributed by atoms with Crippen molar-refractivity contribution in [1.82, 2.24) is 10.1 Å². The van der Waals surface area contributed by atoms with Gasteiger partial charge in [0.1, 0.15) is 17.9 Å². The molecule has 1 fully saturated rings. The molecule has 1 aliphatic rings. The summed E-state index contributed by atoms with van der Waals surface area (Å²) in [5.74, 6) is 2.32. The molecule has 0 amide bonds. The van der Waals surface area contributed by atoms with Crippen molar-refractivity contribution in [3.63, 3.8) is 0 Å². The SMILES string of the molecule is CCCc1noc([C@H](C)Nc2ccc(OC3CCOCC3)c(C)c2)n1. The molecule has 0 spiro atoms. The molecule has 25 heavy (non-hydrogen) atoms. The second kappa shape index (κ2) is 8.34. The summed E-state index contributed by atoms with van der Waals surface area (Å²) in [6.45, 7) is 7.75. The van der Waals surface area contributed by atoms with E-state index in [0.29, 0.717) is 5.89 Å². The van der Waals surface area contributed by atoms with E-state index in [0.717, 1.165) is 61.7 Å². The fourth-order valence-electron chi connectivity index (χ4n) is 2.93. The van der Waals surface area contributed by atoms with E-state index >= 15 is 0 Å². The van der Waals surface area contributed by atoms with Crippen LogP contribution in [0.25, 0.3) is 0 Å². The summed E-state index contributed by atoms with van der Waals surface area (Å²) in [5.41, 5.74) is 2.13. The molecule has 1 atom stereocenters. The molecule has 2 aromatic rings. The normalized spacial score (nSPS) is 16.6. The molecule has 1 saturated heterocycles. The molecule has 0 unspecified atom stereocenters.